The standard InChI is InChI=1S/C17H21NO4/c19-15(11-13-7-3-1-4-8-13)18-14(16(20)21)12-22-17(18)9-5-2-6-10-17/h1,3-4,7-8,14H,2,5-6,9-12H2,(H,20,21)/p-1/t14-/m1/s1. The summed E-state index contributed by atoms with van der Waals surface area (Å²) in [5, 5.41) is 11.4. The number of amides is 1. The van der Waals surface area contributed by atoms with Gasteiger partial charge in [-0.3, -0.25) is 4.79 Å². The van der Waals surface area contributed by atoms with E-state index in [1.165, 1.54) is 4.90 Å². The van der Waals surface area contributed by atoms with Crippen LogP contribution in [-0.4, -0.2) is 35.2 Å². The minimum absolute atomic E-state index is 0.0306. The molecule has 1 spiro atoms. The van der Waals surface area contributed by atoms with Gasteiger partial charge in [0.1, 0.15) is 5.72 Å². The van der Waals surface area contributed by atoms with Crippen molar-refractivity contribution in [3.8, 4) is 0 Å². The Bertz CT molecular complexity index is 551. The summed E-state index contributed by atoms with van der Waals surface area (Å²) >= 11 is 0. The lowest BCUT2D eigenvalue weighted by Crippen LogP contribution is -2.57. The molecule has 1 saturated carbocycles. The van der Waals surface area contributed by atoms with Crippen LogP contribution in [-0.2, 0) is 20.7 Å². The summed E-state index contributed by atoms with van der Waals surface area (Å²) in [7, 11) is 0. The zero-order valence-corrected chi connectivity index (χ0v) is 12.5. The Balaban J connectivity index is 1.84. The molecular weight excluding hydrogens is 282 g/mol. The summed E-state index contributed by atoms with van der Waals surface area (Å²) in [6.45, 7) is 0.0306. The maximum atomic E-state index is 12.8. The third kappa shape index (κ3) is 2.73. The van der Waals surface area contributed by atoms with E-state index in [1.54, 1.807) is 0 Å². The summed E-state index contributed by atoms with van der Waals surface area (Å²) < 4.78 is 5.81. The molecule has 1 amide bonds. The van der Waals surface area contributed by atoms with Crippen molar-refractivity contribution in [3.63, 3.8) is 0 Å². The molecule has 1 saturated heterocycles. The molecule has 1 atom stereocenters. The number of aliphatic carboxylic acids is 1. The Morgan fingerprint density at radius 1 is 1.18 bits per heavy atom. The summed E-state index contributed by atoms with van der Waals surface area (Å²) in [6.07, 6.45) is 4.61. The van der Waals surface area contributed by atoms with Crippen molar-refractivity contribution in [2.75, 3.05) is 6.61 Å². The van der Waals surface area contributed by atoms with Crippen LogP contribution in [0.15, 0.2) is 30.3 Å². The predicted octanol–water partition coefficient (Wildman–Crippen LogP) is 0.867. The maximum Gasteiger partial charge on any atom is 0.229 e. The molecule has 1 aliphatic heterocycles. The average Bonchev–Trinajstić information content (AvgIpc) is 2.88. The van der Waals surface area contributed by atoms with Gasteiger partial charge < -0.3 is 19.5 Å². The van der Waals surface area contributed by atoms with E-state index in [0.29, 0.717) is 12.8 Å². The van der Waals surface area contributed by atoms with Gasteiger partial charge >= 0.3 is 0 Å². The van der Waals surface area contributed by atoms with Gasteiger partial charge in [0.2, 0.25) is 5.91 Å². The van der Waals surface area contributed by atoms with Crippen LogP contribution in [0.3, 0.4) is 0 Å². The molecule has 1 heterocycles. The molecule has 5 heteroatoms. The molecule has 22 heavy (non-hydrogen) atoms. The van der Waals surface area contributed by atoms with Crippen LogP contribution in [0.2, 0.25) is 0 Å². The van der Waals surface area contributed by atoms with Gasteiger partial charge in [0.05, 0.1) is 25.0 Å². The zero-order valence-electron chi connectivity index (χ0n) is 12.5. The smallest absolute Gasteiger partial charge is 0.229 e. The molecule has 0 radical (unpaired) electrons. The third-order valence-corrected chi connectivity index (χ3v) is 4.63. The van der Waals surface area contributed by atoms with E-state index < -0.39 is 17.7 Å². The van der Waals surface area contributed by atoms with E-state index >= 15 is 0 Å². The molecule has 0 bridgehead atoms. The Kier molecular flexibility index (Phi) is 4.16. The average molecular weight is 302 g/mol. The van der Waals surface area contributed by atoms with Crippen LogP contribution in [0.25, 0.3) is 0 Å². The fourth-order valence-electron chi connectivity index (χ4n) is 3.58. The van der Waals surface area contributed by atoms with Crippen molar-refractivity contribution < 1.29 is 19.4 Å². The number of hydrogen-bond acceptors (Lipinski definition) is 4. The second kappa shape index (κ2) is 6.08. The van der Waals surface area contributed by atoms with Crippen LogP contribution in [0.1, 0.15) is 37.7 Å². The molecule has 2 aliphatic rings. The Hall–Kier alpha value is -1.88. The van der Waals surface area contributed by atoms with Crippen molar-refractivity contribution in [1.82, 2.24) is 4.90 Å². The lowest BCUT2D eigenvalue weighted by atomic mass is 9.89. The first kappa shape index (κ1) is 15.0. The highest BCUT2D eigenvalue weighted by Gasteiger charge is 2.50. The monoisotopic (exact) mass is 302 g/mol. The minimum Gasteiger partial charge on any atom is -0.548 e. The summed E-state index contributed by atoms with van der Waals surface area (Å²) in [5.74, 6) is -1.43. The number of ether oxygens (including phenoxy) is 1. The van der Waals surface area contributed by atoms with Crippen LogP contribution in [0.5, 0.6) is 0 Å². The van der Waals surface area contributed by atoms with Gasteiger partial charge in [-0.1, -0.05) is 36.8 Å². The first-order valence-corrected chi connectivity index (χ1v) is 7.83. The lowest BCUT2D eigenvalue weighted by molar-refractivity contribution is -0.310. The van der Waals surface area contributed by atoms with E-state index in [-0.39, 0.29) is 18.9 Å². The molecule has 1 aromatic carbocycles. The number of nitrogens with zero attached hydrogens (tertiary/aromatic N) is 1. The minimum atomic E-state index is -1.23. The van der Waals surface area contributed by atoms with Gasteiger partial charge in [-0.05, 0) is 31.2 Å². The van der Waals surface area contributed by atoms with Crippen molar-refractivity contribution in [2.45, 2.75) is 50.3 Å². The number of carbonyl (C=O) groups excluding carboxylic acids is 2. The fraction of sp³-hybridized carbons (Fsp3) is 0.529. The van der Waals surface area contributed by atoms with Gasteiger partial charge in [-0.15, -0.1) is 0 Å². The fourth-order valence-corrected chi connectivity index (χ4v) is 3.58. The number of rotatable bonds is 3. The van der Waals surface area contributed by atoms with E-state index in [4.69, 9.17) is 4.74 Å². The zero-order chi connectivity index (χ0) is 15.6. The van der Waals surface area contributed by atoms with Crippen molar-refractivity contribution in [2.24, 2.45) is 0 Å². The third-order valence-electron chi connectivity index (χ3n) is 4.63. The predicted molar refractivity (Wildman–Crippen MR) is 77.6 cm³/mol. The number of carboxylic acid groups (broad SMARTS) is 1. The number of carbonyl (C=O) groups is 2. The van der Waals surface area contributed by atoms with Crippen molar-refractivity contribution >= 4 is 11.9 Å². The van der Waals surface area contributed by atoms with Gasteiger partial charge in [0, 0.05) is 0 Å². The molecular formula is C17H20NO4-. The van der Waals surface area contributed by atoms with Gasteiger partial charge in [-0.2, -0.15) is 0 Å². The van der Waals surface area contributed by atoms with Crippen molar-refractivity contribution in [1.29, 1.82) is 0 Å². The summed E-state index contributed by atoms with van der Waals surface area (Å²) in [5.41, 5.74) is 0.136. The molecule has 3 rings (SSSR count). The van der Waals surface area contributed by atoms with Gasteiger partial charge in [-0.25, -0.2) is 0 Å². The lowest BCUT2D eigenvalue weighted by Gasteiger charge is -2.42. The molecule has 0 unspecified atom stereocenters. The molecule has 1 aromatic rings. The molecule has 118 valence electrons. The van der Waals surface area contributed by atoms with Crippen molar-refractivity contribution in [3.05, 3.63) is 35.9 Å². The molecule has 0 N–H and O–H groups in total. The summed E-state index contributed by atoms with van der Waals surface area (Å²) in [6, 6.07) is 8.40. The van der Waals surface area contributed by atoms with Gasteiger partial charge in [0.15, 0.2) is 0 Å². The van der Waals surface area contributed by atoms with Crippen LogP contribution < -0.4 is 5.11 Å². The largest absolute Gasteiger partial charge is 0.548 e. The van der Waals surface area contributed by atoms with E-state index in [0.717, 1.165) is 24.8 Å². The highest BCUT2D eigenvalue weighted by Crippen LogP contribution is 2.40. The molecule has 0 aromatic heterocycles. The van der Waals surface area contributed by atoms with E-state index in [2.05, 4.69) is 0 Å². The summed E-state index contributed by atoms with van der Waals surface area (Å²) in [4.78, 5) is 25.6. The van der Waals surface area contributed by atoms with Gasteiger partial charge in [0.25, 0.3) is 0 Å². The SMILES string of the molecule is O=C([O-])[C@H]1COC2(CCCCC2)N1C(=O)Cc1ccccc1. The second-order valence-electron chi connectivity index (χ2n) is 6.08. The van der Waals surface area contributed by atoms with E-state index in [9.17, 15) is 14.7 Å². The Morgan fingerprint density at radius 2 is 1.86 bits per heavy atom. The maximum absolute atomic E-state index is 12.8. The number of benzene rings is 1. The van der Waals surface area contributed by atoms with Crippen LogP contribution in [0, 0.1) is 0 Å². The van der Waals surface area contributed by atoms with Crippen LogP contribution in [0.4, 0.5) is 0 Å². The Labute approximate surface area is 129 Å². The number of hydrogen-bond donors (Lipinski definition) is 0. The normalized spacial score (nSPS) is 23.6. The first-order valence-electron chi connectivity index (χ1n) is 7.83. The molecule has 1 aliphatic carbocycles. The molecule has 5 nitrogen and oxygen atoms in total. The second-order valence-corrected chi connectivity index (χ2v) is 6.08. The quantitative estimate of drug-likeness (QED) is 0.830. The first-order chi connectivity index (χ1) is 10.6. The number of carboxylic acids is 1. The highest BCUT2D eigenvalue weighted by atomic mass is 16.5. The Morgan fingerprint density at radius 3 is 2.50 bits per heavy atom. The molecule has 2 fully saturated rings. The topological polar surface area (TPSA) is 69.7 Å². The highest BCUT2D eigenvalue weighted by molar-refractivity contribution is 5.85. The van der Waals surface area contributed by atoms with E-state index in [1.807, 2.05) is 30.3 Å². The van der Waals surface area contributed by atoms with Crippen LogP contribution >= 0.6 is 0 Å².